The molecule has 0 saturated carbocycles. The summed E-state index contributed by atoms with van der Waals surface area (Å²) in [4.78, 5) is 2.23. The fraction of sp³-hybridized carbons (Fsp3) is 0.625. The maximum Gasteiger partial charge on any atom is 0.0642 e. The van der Waals surface area contributed by atoms with E-state index in [1.165, 1.54) is 18.4 Å². The summed E-state index contributed by atoms with van der Waals surface area (Å²) >= 11 is 6.38. The summed E-state index contributed by atoms with van der Waals surface area (Å²) in [7, 11) is 2.10. The van der Waals surface area contributed by atoms with Crippen LogP contribution in [0.4, 0.5) is 5.69 Å². The zero-order valence-electron chi connectivity index (χ0n) is 12.7. The standard InChI is InChI=1S/C16H27ClN2/c1-5-6-9-19(4)16-8-7-14(10-15(16)17)12-18-11-13(2)3/h7-8,10,13,18H,5-6,9,11-12H2,1-4H3. The number of nitrogens with zero attached hydrogens (tertiary/aromatic N) is 1. The van der Waals surface area contributed by atoms with Crippen LogP contribution in [0.15, 0.2) is 18.2 Å². The summed E-state index contributed by atoms with van der Waals surface area (Å²) in [6.45, 7) is 9.62. The van der Waals surface area contributed by atoms with Crippen molar-refractivity contribution in [3.8, 4) is 0 Å². The van der Waals surface area contributed by atoms with Crippen LogP contribution in [-0.2, 0) is 6.54 Å². The Kier molecular flexibility index (Phi) is 7.25. The van der Waals surface area contributed by atoms with Crippen molar-refractivity contribution in [1.82, 2.24) is 5.32 Å². The third-order valence-electron chi connectivity index (χ3n) is 3.15. The molecule has 0 aliphatic heterocycles. The molecule has 0 heterocycles. The van der Waals surface area contributed by atoms with Crippen LogP contribution in [-0.4, -0.2) is 20.1 Å². The highest BCUT2D eigenvalue weighted by atomic mass is 35.5. The van der Waals surface area contributed by atoms with E-state index in [4.69, 9.17) is 11.6 Å². The monoisotopic (exact) mass is 282 g/mol. The summed E-state index contributed by atoms with van der Waals surface area (Å²) in [5, 5.41) is 4.29. The van der Waals surface area contributed by atoms with Gasteiger partial charge in [0.1, 0.15) is 0 Å². The van der Waals surface area contributed by atoms with E-state index >= 15 is 0 Å². The second-order valence-corrected chi connectivity index (χ2v) is 5.99. The van der Waals surface area contributed by atoms with Crippen molar-refractivity contribution in [2.24, 2.45) is 5.92 Å². The van der Waals surface area contributed by atoms with E-state index in [0.29, 0.717) is 5.92 Å². The molecule has 0 amide bonds. The number of hydrogen-bond donors (Lipinski definition) is 1. The van der Waals surface area contributed by atoms with E-state index in [1.54, 1.807) is 0 Å². The molecule has 0 spiro atoms. The van der Waals surface area contributed by atoms with Crippen LogP contribution < -0.4 is 10.2 Å². The van der Waals surface area contributed by atoms with Crippen molar-refractivity contribution in [1.29, 1.82) is 0 Å². The zero-order valence-corrected chi connectivity index (χ0v) is 13.4. The highest BCUT2D eigenvalue weighted by Crippen LogP contribution is 2.26. The maximum absolute atomic E-state index is 6.38. The van der Waals surface area contributed by atoms with Gasteiger partial charge >= 0.3 is 0 Å². The molecule has 19 heavy (non-hydrogen) atoms. The van der Waals surface area contributed by atoms with E-state index in [-0.39, 0.29) is 0 Å². The van der Waals surface area contributed by atoms with E-state index in [2.05, 4.69) is 56.2 Å². The van der Waals surface area contributed by atoms with Gasteiger partial charge in [0, 0.05) is 20.1 Å². The van der Waals surface area contributed by atoms with E-state index in [0.717, 1.165) is 30.3 Å². The summed E-state index contributed by atoms with van der Waals surface area (Å²) in [5.41, 5.74) is 2.38. The molecule has 1 aromatic rings. The Bertz CT molecular complexity index is 377. The van der Waals surface area contributed by atoms with Crippen molar-refractivity contribution < 1.29 is 0 Å². The molecule has 0 aliphatic carbocycles. The predicted molar refractivity (Wildman–Crippen MR) is 86.2 cm³/mol. The van der Waals surface area contributed by atoms with Gasteiger partial charge < -0.3 is 10.2 Å². The molecule has 0 unspecified atom stereocenters. The summed E-state index contributed by atoms with van der Waals surface area (Å²) < 4.78 is 0. The number of benzene rings is 1. The minimum absolute atomic E-state index is 0.676. The number of anilines is 1. The number of nitrogens with one attached hydrogen (secondary N) is 1. The second kappa shape index (κ2) is 8.44. The number of rotatable bonds is 8. The van der Waals surface area contributed by atoms with Gasteiger partial charge in [0.25, 0.3) is 0 Å². The molecule has 1 rings (SSSR count). The molecular formula is C16H27ClN2. The Hall–Kier alpha value is -0.730. The van der Waals surface area contributed by atoms with Gasteiger partial charge in [-0.05, 0) is 36.6 Å². The SMILES string of the molecule is CCCCN(C)c1ccc(CNCC(C)C)cc1Cl. The molecule has 0 fully saturated rings. The van der Waals surface area contributed by atoms with Gasteiger partial charge in [-0.3, -0.25) is 0 Å². The number of hydrogen-bond acceptors (Lipinski definition) is 2. The Morgan fingerprint density at radius 3 is 2.63 bits per heavy atom. The summed E-state index contributed by atoms with van der Waals surface area (Å²) in [5.74, 6) is 0.676. The summed E-state index contributed by atoms with van der Waals surface area (Å²) in [6.07, 6.45) is 2.41. The lowest BCUT2D eigenvalue weighted by molar-refractivity contribution is 0.552. The molecule has 0 aliphatic rings. The van der Waals surface area contributed by atoms with E-state index in [1.807, 2.05) is 0 Å². The minimum Gasteiger partial charge on any atom is -0.373 e. The third kappa shape index (κ3) is 5.84. The molecule has 108 valence electrons. The van der Waals surface area contributed by atoms with Gasteiger partial charge in [0.15, 0.2) is 0 Å². The highest BCUT2D eigenvalue weighted by Gasteiger charge is 2.06. The van der Waals surface area contributed by atoms with Crippen molar-refractivity contribution >= 4 is 17.3 Å². The van der Waals surface area contributed by atoms with Crippen LogP contribution in [0.25, 0.3) is 0 Å². The highest BCUT2D eigenvalue weighted by molar-refractivity contribution is 6.33. The van der Waals surface area contributed by atoms with Gasteiger partial charge in [0.2, 0.25) is 0 Å². The molecule has 0 radical (unpaired) electrons. The smallest absolute Gasteiger partial charge is 0.0642 e. The van der Waals surface area contributed by atoms with Gasteiger partial charge in [-0.15, -0.1) is 0 Å². The van der Waals surface area contributed by atoms with Gasteiger partial charge in [0.05, 0.1) is 10.7 Å². The quantitative estimate of drug-likeness (QED) is 0.764. The molecular weight excluding hydrogens is 256 g/mol. The Labute approximate surface area is 123 Å². The first-order chi connectivity index (χ1) is 9.04. The fourth-order valence-corrected chi connectivity index (χ4v) is 2.34. The molecule has 1 aromatic carbocycles. The first-order valence-electron chi connectivity index (χ1n) is 7.24. The van der Waals surface area contributed by atoms with Crippen LogP contribution in [0.5, 0.6) is 0 Å². The Morgan fingerprint density at radius 1 is 1.32 bits per heavy atom. The lowest BCUT2D eigenvalue weighted by Crippen LogP contribution is -2.20. The topological polar surface area (TPSA) is 15.3 Å². The molecule has 0 saturated heterocycles. The van der Waals surface area contributed by atoms with Crippen molar-refractivity contribution in [3.63, 3.8) is 0 Å². The predicted octanol–water partition coefficient (Wildman–Crippen LogP) is 4.32. The maximum atomic E-state index is 6.38. The molecule has 1 N–H and O–H groups in total. The Balaban J connectivity index is 2.58. The van der Waals surface area contributed by atoms with Crippen LogP contribution in [0.3, 0.4) is 0 Å². The average molecular weight is 283 g/mol. The minimum atomic E-state index is 0.676. The molecule has 0 atom stereocenters. The normalized spacial score (nSPS) is 11.1. The molecule has 3 heteroatoms. The Morgan fingerprint density at radius 2 is 2.05 bits per heavy atom. The van der Waals surface area contributed by atoms with Gasteiger partial charge in [-0.25, -0.2) is 0 Å². The van der Waals surface area contributed by atoms with E-state index < -0.39 is 0 Å². The van der Waals surface area contributed by atoms with Gasteiger partial charge in [-0.1, -0.05) is 44.9 Å². The van der Waals surface area contributed by atoms with E-state index in [9.17, 15) is 0 Å². The number of halogens is 1. The average Bonchev–Trinajstić information content (AvgIpc) is 2.35. The van der Waals surface area contributed by atoms with Crippen molar-refractivity contribution in [3.05, 3.63) is 28.8 Å². The third-order valence-corrected chi connectivity index (χ3v) is 3.45. The van der Waals surface area contributed by atoms with Crippen LogP contribution >= 0.6 is 11.6 Å². The first kappa shape index (κ1) is 16.3. The van der Waals surface area contributed by atoms with Crippen LogP contribution in [0, 0.1) is 5.92 Å². The molecule has 0 bridgehead atoms. The second-order valence-electron chi connectivity index (χ2n) is 5.59. The number of unbranched alkanes of at least 4 members (excludes halogenated alkanes) is 1. The molecule has 0 aromatic heterocycles. The first-order valence-corrected chi connectivity index (χ1v) is 7.62. The zero-order chi connectivity index (χ0) is 14.3. The van der Waals surface area contributed by atoms with Gasteiger partial charge in [-0.2, -0.15) is 0 Å². The molecule has 2 nitrogen and oxygen atoms in total. The summed E-state index contributed by atoms with van der Waals surface area (Å²) in [6, 6.07) is 6.37. The van der Waals surface area contributed by atoms with Crippen molar-refractivity contribution in [2.75, 3.05) is 25.0 Å². The fourth-order valence-electron chi connectivity index (χ4n) is 1.99. The largest absolute Gasteiger partial charge is 0.373 e. The van der Waals surface area contributed by atoms with Crippen molar-refractivity contribution in [2.45, 2.75) is 40.2 Å². The van der Waals surface area contributed by atoms with Crippen LogP contribution in [0.2, 0.25) is 5.02 Å². The lowest BCUT2D eigenvalue weighted by atomic mass is 10.1. The van der Waals surface area contributed by atoms with Crippen LogP contribution in [0.1, 0.15) is 39.2 Å². The lowest BCUT2D eigenvalue weighted by Gasteiger charge is -2.21.